The van der Waals surface area contributed by atoms with Gasteiger partial charge in [-0.1, -0.05) is 13.3 Å². The van der Waals surface area contributed by atoms with Crippen LogP contribution >= 0.6 is 0 Å². The lowest BCUT2D eigenvalue weighted by Gasteiger charge is -2.03. The van der Waals surface area contributed by atoms with Crippen molar-refractivity contribution in [2.24, 2.45) is 0 Å². The van der Waals surface area contributed by atoms with Gasteiger partial charge in [0, 0.05) is 13.2 Å². The lowest BCUT2D eigenvalue weighted by atomic mass is 10.4. The molecule has 0 aromatic carbocycles. The van der Waals surface area contributed by atoms with Gasteiger partial charge in [-0.25, -0.2) is 0 Å². The van der Waals surface area contributed by atoms with Crippen molar-refractivity contribution in [2.45, 2.75) is 46.3 Å². The van der Waals surface area contributed by atoms with Gasteiger partial charge in [0.1, 0.15) is 0 Å². The van der Waals surface area contributed by atoms with Gasteiger partial charge in [-0.15, -0.1) is 0 Å². The number of aliphatic hydroxyl groups is 2. The molecule has 0 fully saturated rings. The summed E-state index contributed by atoms with van der Waals surface area (Å²) in [6, 6.07) is 0. The Hall–Kier alpha value is -0.120. The third kappa shape index (κ3) is 51.8. The topological polar surface area (TPSA) is 49.7 Å². The maximum Gasteiger partial charge on any atom is 0.156 e. The monoisotopic (exact) mass is 178 g/mol. The predicted octanol–water partition coefficient (Wildman–Crippen LogP) is 1.53. The van der Waals surface area contributed by atoms with Crippen LogP contribution < -0.4 is 0 Å². The van der Waals surface area contributed by atoms with Crippen LogP contribution in [-0.2, 0) is 4.74 Å². The quantitative estimate of drug-likeness (QED) is 0.507. The zero-order valence-corrected chi connectivity index (χ0v) is 8.63. The molecule has 0 radical (unpaired) electrons. The molecule has 0 aliphatic heterocycles. The molecule has 3 nitrogen and oxygen atoms in total. The van der Waals surface area contributed by atoms with Crippen molar-refractivity contribution in [3.63, 3.8) is 0 Å². The van der Waals surface area contributed by atoms with E-state index in [0.29, 0.717) is 0 Å². The van der Waals surface area contributed by atoms with Gasteiger partial charge in [0.2, 0.25) is 0 Å². The van der Waals surface area contributed by atoms with Gasteiger partial charge in [0.15, 0.2) is 5.79 Å². The molecular weight excluding hydrogens is 156 g/mol. The van der Waals surface area contributed by atoms with Crippen molar-refractivity contribution in [3.05, 3.63) is 0 Å². The van der Waals surface area contributed by atoms with E-state index in [1.54, 1.807) is 0 Å². The van der Waals surface area contributed by atoms with Crippen LogP contribution in [0, 0.1) is 0 Å². The van der Waals surface area contributed by atoms with E-state index in [1.807, 2.05) is 6.92 Å². The highest BCUT2D eigenvalue weighted by molar-refractivity contribution is 4.37. The van der Waals surface area contributed by atoms with Gasteiger partial charge in [-0.2, -0.15) is 0 Å². The molecule has 0 aliphatic carbocycles. The fourth-order valence-corrected chi connectivity index (χ4v) is 0.391. The molecular formula is C9H22O3. The smallest absolute Gasteiger partial charge is 0.156 e. The third-order valence-corrected chi connectivity index (χ3v) is 0.846. The summed E-state index contributed by atoms with van der Waals surface area (Å²) in [5.74, 6) is -1.50. The summed E-state index contributed by atoms with van der Waals surface area (Å²) >= 11 is 0. The van der Waals surface area contributed by atoms with Gasteiger partial charge >= 0.3 is 0 Å². The number of unbranched alkanes of at least 4 members (excludes halogenated alkanes) is 1. The zero-order valence-electron chi connectivity index (χ0n) is 8.63. The van der Waals surface area contributed by atoms with Crippen molar-refractivity contribution in [1.29, 1.82) is 0 Å². The van der Waals surface area contributed by atoms with Crippen LogP contribution in [0.1, 0.15) is 40.5 Å². The summed E-state index contributed by atoms with van der Waals surface area (Å²) in [6.45, 7) is 8.59. The summed E-state index contributed by atoms with van der Waals surface area (Å²) in [5, 5.41) is 16.2. The van der Waals surface area contributed by atoms with E-state index in [1.165, 1.54) is 26.7 Å². The van der Waals surface area contributed by atoms with Gasteiger partial charge in [0.25, 0.3) is 0 Å². The molecule has 3 heteroatoms. The lowest BCUT2D eigenvalue weighted by molar-refractivity contribution is -0.127. The lowest BCUT2D eigenvalue weighted by Crippen LogP contribution is -2.15. The average molecular weight is 178 g/mol. The predicted molar refractivity (Wildman–Crippen MR) is 49.9 cm³/mol. The van der Waals surface area contributed by atoms with Gasteiger partial charge in [-0.05, 0) is 27.2 Å². The fraction of sp³-hybridized carbons (Fsp3) is 1.00. The highest BCUT2D eigenvalue weighted by atomic mass is 16.5. The third-order valence-electron chi connectivity index (χ3n) is 0.846. The highest BCUT2D eigenvalue weighted by Crippen LogP contribution is 1.88. The van der Waals surface area contributed by atoms with Crippen LogP contribution in [0.5, 0.6) is 0 Å². The van der Waals surface area contributed by atoms with Crippen LogP contribution in [0.25, 0.3) is 0 Å². The van der Waals surface area contributed by atoms with Crippen molar-refractivity contribution in [1.82, 2.24) is 0 Å². The van der Waals surface area contributed by atoms with Gasteiger partial charge in [-0.3, -0.25) is 0 Å². The number of hydrogen-bond donors (Lipinski definition) is 2. The molecule has 0 spiro atoms. The van der Waals surface area contributed by atoms with Crippen LogP contribution in [0.15, 0.2) is 0 Å². The summed E-state index contributed by atoms with van der Waals surface area (Å²) in [4.78, 5) is 0. The Morgan fingerprint density at radius 2 is 1.58 bits per heavy atom. The van der Waals surface area contributed by atoms with Crippen LogP contribution in [0.4, 0.5) is 0 Å². The molecule has 0 atom stereocenters. The van der Waals surface area contributed by atoms with Crippen molar-refractivity contribution in [3.8, 4) is 0 Å². The summed E-state index contributed by atoms with van der Waals surface area (Å²) in [5.41, 5.74) is 0. The van der Waals surface area contributed by atoms with E-state index in [0.717, 1.165) is 13.2 Å². The second-order valence-electron chi connectivity index (χ2n) is 3.04. The van der Waals surface area contributed by atoms with Gasteiger partial charge < -0.3 is 14.9 Å². The Morgan fingerprint density at radius 3 is 1.83 bits per heavy atom. The maximum atomic E-state index is 8.08. The Balaban J connectivity index is 0. The van der Waals surface area contributed by atoms with Crippen LogP contribution in [0.2, 0.25) is 0 Å². The summed E-state index contributed by atoms with van der Waals surface area (Å²) in [6.07, 6.45) is 2.44. The second kappa shape index (κ2) is 8.97. The standard InChI is InChI=1S/C6H14O.C3H8O2/c1-3-5-6-7-4-2;1-3(2,4)5/h3-6H2,1-2H3;4-5H,1-2H3. The zero-order chi connectivity index (χ0) is 10.0. The molecule has 76 valence electrons. The second-order valence-corrected chi connectivity index (χ2v) is 3.04. The molecule has 12 heavy (non-hydrogen) atoms. The molecule has 0 aromatic rings. The van der Waals surface area contributed by atoms with E-state index in [2.05, 4.69) is 6.92 Å². The van der Waals surface area contributed by atoms with E-state index in [-0.39, 0.29) is 0 Å². The first-order valence-electron chi connectivity index (χ1n) is 4.44. The van der Waals surface area contributed by atoms with Crippen molar-refractivity contribution >= 4 is 0 Å². The Morgan fingerprint density at radius 1 is 1.17 bits per heavy atom. The minimum Gasteiger partial charge on any atom is -0.382 e. The first-order valence-corrected chi connectivity index (χ1v) is 4.44. The SMILES string of the molecule is CC(C)(O)O.CCCCOCC. The summed E-state index contributed by atoms with van der Waals surface area (Å²) < 4.78 is 5.07. The first-order chi connectivity index (χ1) is 5.41. The Labute approximate surface area is 75.4 Å². The molecule has 0 aromatic heterocycles. The molecule has 2 N–H and O–H groups in total. The van der Waals surface area contributed by atoms with E-state index in [4.69, 9.17) is 14.9 Å². The molecule has 0 amide bonds. The Kier molecular flexibility index (Phi) is 10.8. The van der Waals surface area contributed by atoms with Crippen molar-refractivity contribution < 1.29 is 14.9 Å². The first kappa shape index (κ1) is 14.4. The number of ether oxygens (including phenoxy) is 1. The largest absolute Gasteiger partial charge is 0.382 e. The average Bonchev–Trinajstić information content (AvgIpc) is 1.85. The normalized spacial score (nSPS) is 10.5. The minimum atomic E-state index is -1.50. The maximum absolute atomic E-state index is 8.08. The molecule has 0 rings (SSSR count). The van der Waals surface area contributed by atoms with Crippen molar-refractivity contribution in [2.75, 3.05) is 13.2 Å². The Bertz CT molecular complexity index is 66.3. The van der Waals surface area contributed by atoms with Crippen LogP contribution in [0.3, 0.4) is 0 Å². The van der Waals surface area contributed by atoms with Crippen LogP contribution in [-0.4, -0.2) is 29.2 Å². The number of hydrogen-bond acceptors (Lipinski definition) is 3. The molecule has 0 unspecified atom stereocenters. The minimum absolute atomic E-state index is 0.861. The highest BCUT2D eigenvalue weighted by Gasteiger charge is 2.00. The molecule has 0 bridgehead atoms. The molecule has 0 saturated heterocycles. The van der Waals surface area contributed by atoms with E-state index >= 15 is 0 Å². The summed E-state index contributed by atoms with van der Waals surface area (Å²) in [7, 11) is 0. The molecule has 0 aliphatic rings. The molecule has 0 saturated carbocycles. The molecule has 0 heterocycles. The van der Waals surface area contributed by atoms with E-state index in [9.17, 15) is 0 Å². The fourth-order valence-electron chi connectivity index (χ4n) is 0.391. The van der Waals surface area contributed by atoms with Gasteiger partial charge in [0.05, 0.1) is 0 Å². The van der Waals surface area contributed by atoms with E-state index < -0.39 is 5.79 Å². The number of rotatable bonds is 4.